The Bertz CT molecular complexity index is 379. The van der Waals surface area contributed by atoms with Crippen molar-refractivity contribution >= 4 is 11.9 Å². The van der Waals surface area contributed by atoms with Gasteiger partial charge in [0.1, 0.15) is 0 Å². The van der Waals surface area contributed by atoms with E-state index >= 15 is 0 Å². The highest BCUT2D eigenvalue weighted by Crippen LogP contribution is 2.36. The minimum Gasteiger partial charge on any atom is -0.481 e. The molecular weight excluding hydrogens is 244 g/mol. The Hall–Kier alpha value is -1.10. The van der Waals surface area contributed by atoms with Crippen LogP contribution in [0.1, 0.15) is 51.9 Å². The monoisotopic (exact) mass is 268 g/mol. The highest BCUT2D eigenvalue weighted by molar-refractivity contribution is 5.80. The van der Waals surface area contributed by atoms with Gasteiger partial charge in [-0.05, 0) is 38.5 Å². The quantitative estimate of drug-likeness (QED) is 0.806. The van der Waals surface area contributed by atoms with Crippen LogP contribution in [0.15, 0.2) is 0 Å². The largest absolute Gasteiger partial charge is 0.481 e. The Morgan fingerprint density at radius 3 is 2.42 bits per heavy atom. The molecule has 1 aliphatic heterocycles. The fraction of sp³-hybridized carbons (Fsp3) is 0.857. The summed E-state index contributed by atoms with van der Waals surface area (Å²) < 4.78 is 0. The lowest BCUT2D eigenvalue weighted by atomic mass is 9.74. The van der Waals surface area contributed by atoms with Crippen molar-refractivity contribution in [3.05, 3.63) is 0 Å². The molecule has 1 saturated carbocycles. The van der Waals surface area contributed by atoms with Gasteiger partial charge >= 0.3 is 5.97 Å². The number of piperidine rings is 1. The summed E-state index contributed by atoms with van der Waals surface area (Å²) in [6.07, 6.45) is 5.28. The zero-order chi connectivity index (χ0) is 14.1. The molecule has 1 unspecified atom stereocenters. The van der Waals surface area contributed by atoms with Crippen LogP contribution >= 0.6 is 0 Å². The number of nitrogens with zero attached hydrogens (tertiary/aromatic N) is 1. The van der Waals surface area contributed by atoms with Gasteiger partial charge in [-0.25, -0.2) is 0 Å². The smallest absolute Gasteiger partial charge is 0.311 e. The molecule has 3 N–H and O–H groups in total. The molecule has 1 amide bonds. The van der Waals surface area contributed by atoms with Crippen molar-refractivity contribution in [1.29, 1.82) is 0 Å². The number of carbonyl (C=O) groups excluding carboxylic acids is 1. The summed E-state index contributed by atoms with van der Waals surface area (Å²) >= 11 is 0. The average Bonchev–Trinajstić information content (AvgIpc) is 2.36. The van der Waals surface area contributed by atoms with Gasteiger partial charge in [0.25, 0.3) is 0 Å². The molecule has 19 heavy (non-hydrogen) atoms. The molecule has 1 aliphatic carbocycles. The van der Waals surface area contributed by atoms with Crippen molar-refractivity contribution in [2.75, 3.05) is 13.1 Å². The SMILES string of the molecule is CCC1(C(=O)O)CCCN(C(=O)CC2(N)CCC2)C1. The summed E-state index contributed by atoms with van der Waals surface area (Å²) in [5.41, 5.74) is 5.03. The molecule has 1 heterocycles. The van der Waals surface area contributed by atoms with Gasteiger partial charge in [-0.1, -0.05) is 6.92 Å². The molecule has 0 aromatic rings. The second kappa shape index (κ2) is 5.12. The van der Waals surface area contributed by atoms with E-state index in [9.17, 15) is 14.7 Å². The third-order valence-electron chi connectivity index (χ3n) is 4.91. The van der Waals surface area contributed by atoms with Crippen LogP contribution in [0.25, 0.3) is 0 Å². The topological polar surface area (TPSA) is 83.6 Å². The predicted octanol–water partition coefficient (Wildman–Crippen LogP) is 1.36. The zero-order valence-electron chi connectivity index (χ0n) is 11.7. The number of rotatable bonds is 4. The van der Waals surface area contributed by atoms with Gasteiger partial charge in [-0.3, -0.25) is 9.59 Å². The van der Waals surface area contributed by atoms with Crippen molar-refractivity contribution < 1.29 is 14.7 Å². The summed E-state index contributed by atoms with van der Waals surface area (Å²) in [4.78, 5) is 25.5. The van der Waals surface area contributed by atoms with Gasteiger partial charge in [-0.15, -0.1) is 0 Å². The molecule has 0 radical (unpaired) electrons. The number of hydrogen-bond acceptors (Lipinski definition) is 3. The van der Waals surface area contributed by atoms with Crippen LogP contribution in [0.5, 0.6) is 0 Å². The van der Waals surface area contributed by atoms with Crippen molar-refractivity contribution in [3.63, 3.8) is 0 Å². The maximum atomic E-state index is 12.3. The highest BCUT2D eigenvalue weighted by Gasteiger charge is 2.43. The minimum absolute atomic E-state index is 0.0287. The van der Waals surface area contributed by atoms with Gasteiger partial charge in [0, 0.05) is 25.0 Å². The molecule has 2 aliphatic rings. The van der Waals surface area contributed by atoms with E-state index in [1.165, 1.54) is 0 Å². The second-order valence-electron chi connectivity index (χ2n) is 6.25. The number of carbonyl (C=O) groups is 2. The number of amides is 1. The van der Waals surface area contributed by atoms with Crippen LogP contribution in [0.4, 0.5) is 0 Å². The third-order valence-corrected chi connectivity index (χ3v) is 4.91. The first-order valence-electron chi connectivity index (χ1n) is 7.21. The normalized spacial score (nSPS) is 29.7. The summed E-state index contributed by atoms with van der Waals surface area (Å²) in [6.45, 7) is 2.90. The molecule has 0 aromatic heterocycles. The molecule has 108 valence electrons. The first kappa shape index (κ1) is 14.3. The molecule has 0 bridgehead atoms. The van der Waals surface area contributed by atoms with E-state index in [2.05, 4.69) is 0 Å². The van der Waals surface area contributed by atoms with Gasteiger partial charge in [0.05, 0.1) is 5.41 Å². The second-order valence-corrected chi connectivity index (χ2v) is 6.25. The minimum atomic E-state index is -0.779. The van der Waals surface area contributed by atoms with E-state index in [-0.39, 0.29) is 11.4 Å². The van der Waals surface area contributed by atoms with Crippen LogP contribution in [-0.2, 0) is 9.59 Å². The van der Waals surface area contributed by atoms with E-state index in [0.717, 1.165) is 25.7 Å². The fourth-order valence-corrected chi connectivity index (χ4v) is 3.18. The number of hydrogen-bond donors (Lipinski definition) is 2. The molecule has 0 spiro atoms. The Morgan fingerprint density at radius 1 is 1.26 bits per heavy atom. The van der Waals surface area contributed by atoms with E-state index in [4.69, 9.17) is 5.73 Å². The van der Waals surface area contributed by atoms with Crippen molar-refractivity contribution in [2.45, 2.75) is 57.4 Å². The molecule has 5 nitrogen and oxygen atoms in total. The first-order valence-corrected chi connectivity index (χ1v) is 7.21. The van der Waals surface area contributed by atoms with E-state index in [1.807, 2.05) is 6.92 Å². The zero-order valence-corrected chi connectivity index (χ0v) is 11.7. The lowest BCUT2D eigenvalue weighted by Crippen LogP contribution is -2.54. The van der Waals surface area contributed by atoms with Gasteiger partial charge in [-0.2, -0.15) is 0 Å². The molecule has 5 heteroatoms. The van der Waals surface area contributed by atoms with Crippen LogP contribution < -0.4 is 5.73 Å². The van der Waals surface area contributed by atoms with E-state index in [0.29, 0.717) is 32.4 Å². The summed E-state index contributed by atoms with van der Waals surface area (Å²) in [5.74, 6) is -0.750. The summed E-state index contributed by atoms with van der Waals surface area (Å²) in [7, 11) is 0. The van der Waals surface area contributed by atoms with Crippen molar-refractivity contribution in [3.8, 4) is 0 Å². The van der Waals surface area contributed by atoms with Crippen LogP contribution in [0.3, 0.4) is 0 Å². The maximum absolute atomic E-state index is 12.3. The molecule has 2 fully saturated rings. The lowest BCUT2D eigenvalue weighted by Gasteiger charge is -2.43. The van der Waals surface area contributed by atoms with Crippen LogP contribution in [0, 0.1) is 5.41 Å². The summed E-state index contributed by atoms with van der Waals surface area (Å²) in [6, 6.07) is 0. The summed E-state index contributed by atoms with van der Waals surface area (Å²) in [5, 5.41) is 9.42. The first-order chi connectivity index (χ1) is 8.91. The van der Waals surface area contributed by atoms with E-state index in [1.54, 1.807) is 4.90 Å². The number of nitrogens with two attached hydrogens (primary N) is 1. The number of aliphatic carboxylic acids is 1. The molecule has 0 aromatic carbocycles. The Kier molecular flexibility index (Phi) is 3.85. The molecular formula is C14H24N2O3. The van der Waals surface area contributed by atoms with Gasteiger partial charge < -0.3 is 15.7 Å². The van der Waals surface area contributed by atoms with Crippen molar-refractivity contribution in [2.24, 2.45) is 11.1 Å². The van der Waals surface area contributed by atoms with Gasteiger partial charge in [0.15, 0.2) is 0 Å². The fourth-order valence-electron chi connectivity index (χ4n) is 3.18. The average molecular weight is 268 g/mol. The molecule has 1 atom stereocenters. The van der Waals surface area contributed by atoms with Crippen LogP contribution in [-0.4, -0.2) is 40.5 Å². The predicted molar refractivity (Wildman–Crippen MR) is 71.6 cm³/mol. The van der Waals surface area contributed by atoms with Crippen LogP contribution in [0.2, 0.25) is 0 Å². The standard InChI is InChI=1S/C14H24N2O3/c1-2-13(12(18)19)5-4-8-16(10-13)11(17)9-14(15)6-3-7-14/h2-10,15H2,1H3,(H,18,19). The van der Waals surface area contributed by atoms with E-state index < -0.39 is 11.4 Å². The Labute approximate surface area is 114 Å². The van der Waals surface area contributed by atoms with Gasteiger partial charge in [0.2, 0.25) is 5.91 Å². The van der Waals surface area contributed by atoms with Crippen molar-refractivity contribution in [1.82, 2.24) is 4.90 Å². The Morgan fingerprint density at radius 2 is 1.95 bits per heavy atom. The number of carboxylic acids is 1. The highest BCUT2D eigenvalue weighted by atomic mass is 16.4. The number of carboxylic acid groups (broad SMARTS) is 1. The lowest BCUT2D eigenvalue weighted by molar-refractivity contribution is -0.155. The molecule has 1 saturated heterocycles. The Balaban J connectivity index is 2.00. The number of likely N-dealkylation sites (tertiary alicyclic amines) is 1. The molecule has 2 rings (SSSR count). The third kappa shape index (κ3) is 2.76. The maximum Gasteiger partial charge on any atom is 0.311 e.